The molecular weight excluding hydrogens is 314 g/mol. The zero-order valence-electron chi connectivity index (χ0n) is 14.2. The van der Waals surface area contributed by atoms with Crippen LogP contribution in [0.5, 0.6) is 0 Å². The maximum atomic E-state index is 11.9. The number of carbonyl (C=O) groups excluding carboxylic acids is 1. The highest BCUT2D eigenvalue weighted by Gasteiger charge is 2.33. The number of aromatic nitrogens is 2. The van der Waals surface area contributed by atoms with Crippen LogP contribution < -0.4 is 5.32 Å². The summed E-state index contributed by atoms with van der Waals surface area (Å²) in [5.41, 5.74) is -0.372. The number of aromatic amines is 1. The minimum Gasteiger partial charge on any atom is -0.444 e. The molecule has 1 fully saturated rings. The zero-order chi connectivity index (χ0) is 16.9. The number of aryl methyl sites for hydroxylation is 1. The lowest BCUT2D eigenvalue weighted by molar-refractivity contribution is 0.0476. The Kier molecular flexibility index (Phi) is 5.84. The van der Waals surface area contributed by atoms with Crippen molar-refractivity contribution in [2.75, 3.05) is 6.54 Å². The molecule has 0 aliphatic heterocycles. The van der Waals surface area contributed by atoms with Crippen molar-refractivity contribution in [3.05, 3.63) is 10.7 Å². The molecule has 1 saturated carbocycles. The maximum Gasteiger partial charge on any atom is 0.407 e. The average Bonchev–Trinajstić information content (AvgIpc) is 2.88. The van der Waals surface area contributed by atoms with E-state index in [-0.39, 0.29) is 16.3 Å². The van der Waals surface area contributed by atoms with E-state index in [2.05, 4.69) is 15.5 Å². The Labute approximate surface area is 142 Å². The third kappa shape index (κ3) is 5.97. The second-order valence-electron chi connectivity index (χ2n) is 7.44. The number of amides is 1. The molecule has 23 heavy (non-hydrogen) atoms. The SMILES string of the molecule is CC(C)(C)OC(=O)NCC1(CCc2nc(=S)o[nH]2)CCCCC1. The lowest BCUT2D eigenvalue weighted by atomic mass is 9.71. The number of hydrogen-bond donors (Lipinski definition) is 2. The minimum absolute atomic E-state index is 0.101. The first-order valence-electron chi connectivity index (χ1n) is 8.29. The zero-order valence-corrected chi connectivity index (χ0v) is 15.1. The van der Waals surface area contributed by atoms with Gasteiger partial charge in [-0.15, -0.1) is 0 Å². The number of carbonyl (C=O) groups is 1. The van der Waals surface area contributed by atoms with E-state index in [0.29, 0.717) is 6.54 Å². The number of rotatable bonds is 5. The van der Waals surface area contributed by atoms with Gasteiger partial charge >= 0.3 is 10.9 Å². The molecule has 0 radical (unpaired) electrons. The van der Waals surface area contributed by atoms with Crippen molar-refractivity contribution < 1.29 is 14.1 Å². The highest BCUT2D eigenvalue weighted by atomic mass is 32.1. The van der Waals surface area contributed by atoms with Crippen molar-refractivity contribution >= 4 is 18.3 Å². The van der Waals surface area contributed by atoms with Crippen LogP contribution in [-0.4, -0.2) is 28.4 Å². The number of alkyl carbamates (subject to hydrolysis) is 1. The molecule has 2 N–H and O–H groups in total. The number of H-pyrrole nitrogens is 1. The Morgan fingerprint density at radius 3 is 2.65 bits per heavy atom. The van der Waals surface area contributed by atoms with E-state index in [1.165, 1.54) is 19.3 Å². The van der Waals surface area contributed by atoms with Gasteiger partial charge < -0.3 is 14.6 Å². The van der Waals surface area contributed by atoms with Gasteiger partial charge in [-0.25, -0.2) is 9.95 Å². The molecule has 130 valence electrons. The van der Waals surface area contributed by atoms with Crippen LogP contribution in [0.3, 0.4) is 0 Å². The molecule has 0 saturated heterocycles. The van der Waals surface area contributed by atoms with Gasteiger partial charge in [0.1, 0.15) is 11.4 Å². The Bertz CT molecular complexity index is 568. The number of hydrogen-bond acceptors (Lipinski definition) is 5. The van der Waals surface area contributed by atoms with E-state index in [1.807, 2.05) is 20.8 Å². The van der Waals surface area contributed by atoms with Crippen LogP contribution in [0, 0.1) is 10.3 Å². The molecule has 2 rings (SSSR count). The Morgan fingerprint density at radius 1 is 1.39 bits per heavy atom. The van der Waals surface area contributed by atoms with Gasteiger partial charge in [0, 0.05) is 13.0 Å². The van der Waals surface area contributed by atoms with Gasteiger partial charge in [0.25, 0.3) is 0 Å². The summed E-state index contributed by atoms with van der Waals surface area (Å²) in [5.74, 6) is 0.775. The first-order chi connectivity index (χ1) is 10.8. The van der Waals surface area contributed by atoms with Crippen LogP contribution >= 0.6 is 12.2 Å². The summed E-state index contributed by atoms with van der Waals surface area (Å²) in [6.07, 6.45) is 7.26. The van der Waals surface area contributed by atoms with Crippen molar-refractivity contribution in [3.63, 3.8) is 0 Å². The molecule has 1 aliphatic rings. The standard InChI is InChI=1S/C16H27N3O3S/c1-15(2,3)21-13(20)17-11-16(8-5-4-6-9-16)10-7-12-18-14(23)22-19-12/h4-11H2,1-3H3,(H,17,20)(H,18,19,23). The van der Waals surface area contributed by atoms with E-state index in [9.17, 15) is 4.79 Å². The van der Waals surface area contributed by atoms with Gasteiger partial charge in [-0.3, -0.25) is 0 Å². The quantitative estimate of drug-likeness (QED) is 0.787. The summed E-state index contributed by atoms with van der Waals surface area (Å²) >= 11 is 4.88. The third-order valence-corrected chi connectivity index (χ3v) is 4.47. The predicted octanol–water partition coefficient (Wildman–Crippen LogP) is 4.14. The summed E-state index contributed by atoms with van der Waals surface area (Å²) in [5, 5.41) is 5.71. The summed E-state index contributed by atoms with van der Waals surface area (Å²) in [6.45, 7) is 6.25. The lowest BCUT2D eigenvalue weighted by Gasteiger charge is -2.37. The van der Waals surface area contributed by atoms with Gasteiger partial charge in [-0.1, -0.05) is 19.3 Å². The fourth-order valence-corrected chi connectivity index (χ4v) is 3.29. The molecule has 0 atom stereocenters. The molecule has 0 spiro atoms. The van der Waals surface area contributed by atoms with Crippen LogP contribution in [-0.2, 0) is 11.2 Å². The largest absolute Gasteiger partial charge is 0.444 e. The topological polar surface area (TPSA) is 80.2 Å². The first-order valence-corrected chi connectivity index (χ1v) is 8.70. The molecule has 0 aromatic carbocycles. The lowest BCUT2D eigenvalue weighted by Crippen LogP contribution is -2.41. The number of ether oxygens (including phenoxy) is 1. The molecule has 1 aromatic heterocycles. The Balaban J connectivity index is 1.92. The fraction of sp³-hybridized carbons (Fsp3) is 0.812. The smallest absolute Gasteiger partial charge is 0.407 e. The van der Waals surface area contributed by atoms with Crippen LogP contribution in [0.1, 0.15) is 65.1 Å². The minimum atomic E-state index is -0.473. The second-order valence-corrected chi connectivity index (χ2v) is 7.79. The van der Waals surface area contributed by atoms with Crippen LogP contribution in [0.2, 0.25) is 0 Å². The normalized spacial score (nSPS) is 17.7. The highest BCUT2D eigenvalue weighted by Crippen LogP contribution is 2.39. The third-order valence-electron chi connectivity index (χ3n) is 4.30. The summed E-state index contributed by atoms with van der Waals surface area (Å²) in [7, 11) is 0. The summed E-state index contributed by atoms with van der Waals surface area (Å²) < 4.78 is 10.3. The predicted molar refractivity (Wildman–Crippen MR) is 89.8 cm³/mol. The second kappa shape index (κ2) is 7.47. The van der Waals surface area contributed by atoms with E-state index in [4.69, 9.17) is 21.5 Å². The van der Waals surface area contributed by atoms with Crippen LogP contribution in [0.4, 0.5) is 4.79 Å². The van der Waals surface area contributed by atoms with Crippen molar-refractivity contribution in [1.82, 2.24) is 15.5 Å². The molecule has 1 amide bonds. The molecule has 1 aliphatic carbocycles. The first kappa shape index (κ1) is 18.0. The van der Waals surface area contributed by atoms with Crippen LogP contribution in [0.25, 0.3) is 0 Å². The Morgan fingerprint density at radius 2 is 2.09 bits per heavy atom. The van der Waals surface area contributed by atoms with Gasteiger partial charge in [0.15, 0.2) is 0 Å². The van der Waals surface area contributed by atoms with Crippen LogP contribution in [0.15, 0.2) is 4.52 Å². The highest BCUT2D eigenvalue weighted by molar-refractivity contribution is 7.71. The molecule has 0 unspecified atom stereocenters. The molecule has 7 heteroatoms. The summed E-state index contributed by atoms with van der Waals surface area (Å²) in [4.78, 5) is 16.3. The van der Waals surface area contributed by atoms with Gasteiger partial charge in [-0.2, -0.15) is 4.98 Å². The van der Waals surface area contributed by atoms with Crippen molar-refractivity contribution in [1.29, 1.82) is 0 Å². The van der Waals surface area contributed by atoms with E-state index in [0.717, 1.165) is 31.5 Å². The number of nitrogens with one attached hydrogen (secondary N) is 2. The summed E-state index contributed by atoms with van der Waals surface area (Å²) in [6, 6.07) is 0. The molecule has 0 bridgehead atoms. The maximum absolute atomic E-state index is 11.9. The molecule has 1 aromatic rings. The van der Waals surface area contributed by atoms with E-state index in [1.54, 1.807) is 0 Å². The fourth-order valence-electron chi connectivity index (χ4n) is 3.14. The van der Waals surface area contributed by atoms with E-state index < -0.39 is 5.60 Å². The monoisotopic (exact) mass is 341 g/mol. The number of nitrogens with zero attached hydrogens (tertiary/aromatic N) is 1. The molecule has 1 heterocycles. The van der Waals surface area contributed by atoms with Crippen molar-refractivity contribution in [3.8, 4) is 0 Å². The van der Waals surface area contributed by atoms with Gasteiger partial charge in [-0.05, 0) is 57.7 Å². The van der Waals surface area contributed by atoms with Crippen molar-refractivity contribution in [2.24, 2.45) is 5.41 Å². The average molecular weight is 341 g/mol. The molecular formula is C16H27N3O3S. The van der Waals surface area contributed by atoms with Gasteiger partial charge in [0.2, 0.25) is 0 Å². The Hall–Kier alpha value is -1.37. The van der Waals surface area contributed by atoms with E-state index >= 15 is 0 Å². The van der Waals surface area contributed by atoms with Crippen molar-refractivity contribution in [2.45, 2.75) is 71.3 Å². The molecule has 6 nitrogen and oxygen atoms in total. The van der Waals surface area contributed by atoms with Gasteiger partial charge in [0.05, 0.1) is 0 Å².